The molecule has 0 bridgehead atoms. The fraction of sp³-hybridized carbons (Fsp3) is 0.474. The minimum Gasteiger partial charge on any atom is -0.331 e. The van der Waals surface area contributed by atoms with E-state index in [9.17, 15) is 4.79 Å². The van der Waals surface area contributed by atoms with Gasteiger partial charge in [-0.15, -0.1) is 0 Å². The van der Waals surface area contributed by atoms with E-state index in [1.54, 1.807) is 10.9 Å². The van der Waals surface area contributed by atoms with Crippen molar-refractivity contribution in [1.82, 2.24) is 14.7 Å². The summed E-state index contributed by atoms with van der Waals surface area (Å²) in [4.78, 5) is 15.4. The van der Waals surface area contributed by atoms with Crippen LogP contribution in [-0.2, 0) is 11.2 Å². The van der Waals surface area contributed by atoms with Gasteiger partial charge in [-0.05, 0) is 56.2 Å². The van der Waals surface area contributed by atoms with E-state index in [2.05, 4.69) is 34.3 Å². The van der Waals surface area contributed by atoms with Crippen LogP contribution in [0.2, 0.25) is 0 Å². The van der Waals surface area contributed by atoms with Crippen molar-refractivity contribution >= 4 is 5.91 Å². The third-order valence-electron chi connectivity index (χ3n) is 5.15. The van der Waals surface area contributed by atoms with Crippen molar-refractivity contribution in [3.05, 3.63) is 53.9 Å². The normalized spacial score (nSPS) is 21.5. The Balaban J connectivity index is 1.65. The molecule has 0 saturated heterocycles. The van der Waals surface area contributed by atoms with Gasteiger partial charge in [-0.25, -0.2) is 0 Å². The molecule has 2 aromatic rings. The number of carbonyl (C=O) groups excluding carboxylic acids is 1. The maximum Gasteiger partial charge on any atom is 0.247 e. The van der Waals surface area contributed by atoms with Crippen LogP contribution in [0.4, 0.5) is 0 Å². The van der Waals surface area contributed by atoms with E-state index in [1.807, 2.05) is 19.2 Å². The van der Waals surface area contributed by atoms with E-state index in [0.717, 1.165) is 32.1 Å². The minimum absolute atomic E-state index is 0.206. The standard InChI is InChI=1S/C19H23N3O/c1-14(21-13-5-12-20-21)19(23)22(16-10-11-16)18-9-4-7-15-6-2-3-8-17(15)18/h2-3,5-6,8,12-14,16,18H,4,7,9-11H2,1H3. The quantitative estimate of drug-likeness (QED) is 0.867. The highest BCUT2D eigenvalue weighted by atomic mass is 16.2. The third kappa shape index (κ3) is 2.67. The van der Waals surface area contributed by atoms with Gasteiger partial charge in [0.1, 0.15) is 6.04 Å². The number of amides is 1. The Bertz CT molecular complexity index is 690. The fourth-order valence-electron chi connectivity index (χ4n) is 3.80. The van der Waals surface area contributed by atoms with Crippen LogP contribution in [0, 0.1) is 0 Å². The van der Waals surface area contributed by atoms with Crippen LogP contribution in [-0.4, -0.2) is 26.6 Å². The van der Waals surface area contributed by atoms with E-state index < -0.39 is 0 Å². The maximum atomic E-state index is 13.2. The Morgan fingerprint density at radius 3 is 2.83 bits per heavy atom. The lowest BCUT2D eigenvalue weighted by molar-refractivity contribution is -0.138. The molecule has 2 aliphatic rings. The molecule has 4 rings (SSSR count). The molecule has 1 fully saturated rings. The van der Waals surface area contributed by atoms with Gasteiger partial charge in [0.2, 0.25) is 5.91 Å². The maximum absolute atomic E-state index is 13.2. The van der Waals surface area contributed by atoms with Crippen molar-refractivity contribution in [2.45, 2.75) is 57.2 Å². The molecule has 0 aliphatic heterocycles. The Hall–Kier alpha value is -2.10. The lowest BCUT2D eigenvalue weighted by Crippen LogP contribution is -2.42. The van der Waals surface area contributed by atoms with Crippen molar-refractivity contribution in [1.29, 1.82) is 0 Å². The molecule has 120 valence electrons. The smallest absolute Gasteiger partial charge is 0.247 e. The molecule has 2 aliphatic carbocycles. The predicted octanol–water partition coefficient (Wildman–Crippen LogP) is 3.51. The predicted molar refractivity (Wildman–Crippen MR) is 88.9 cm³/mol. The molecule has 0 radical (unpaired) electrons. The molecular formula is C19H23N3O. The third-order valence-corrected chi connectivity index (χ3v) is 5.15. The molecule has 4 heteroatoms. The Morgan fingerprint density at radius 1 is 1.26 bits per heavy atom. The molecule has 1 heterocycles. The second-order valence-corrected chi connectivity index (χ2v) is 6.75. The summed E-state index contributed by atoms with van der Waals surface area (Å²) in [6, 6.07) is 10.9. The number of hydrogen-bond acceptors (Lipinski definition) is 2. The van der Waals surface area contributed by atoms with Gasteiger partial charge in [-0.3, -0.25) is 9.48 Å². The molecule has 1 amide bonds. The summed E-state index contributed by atoms with van der Waals surface area (Å²) in [5, 5.41) is 4.26. The number of fused-ring (bicyclic) bond motifs is 1. The molecule has 0 N–H and O–H groups in total. The van der Waals surface area contributed by atoms with Crippen LogP contribution in [0.5, 0.6) is 0 Å². The number of carbonyl (C=O) groups is 1. The molecule has 1 aromatic carbocycles. The zero-order chi connectivity index (χ0) is 15.8. The molecular weight excluding hydrogens is 286 g/mol. The Labute approximate surface area is 137 Å². The van der Waals surface area contributed by atoms with Gasteiger partial charge in [0.15, 0.2) is 0 Å². The zero-order valence-corrected chi connectivity index (χ0v) is 13.6. The first kappa shape index (κ1) is 14.5. The molecule has 1 saturated carbocycles. The van der Waals surface area contributed by atoms with Crippen LogP contribution in [0.3, 0.4) is 0 Å². The highest BCUT2D eigenvalue weighted by Gasteiger charge is 2.41. The number of rotatable bonds is 4. The number of hydrogen-bond donors (Lipinski definition) is 0. The monoisotopic (exact) mass is 309 g/mol. The first-order valence-electron chi connectivity index (χ1n) is 8.65. The fourth-order valence-corrected chi connectivity index (χ4v) is 3.80. The lowest BCUT2D eigenvalue weighted by atomic mass is 9.86. The summed E-state index contributed by atoms with van der Waals surface area (Å²) in [5.41, 5.74) is 2.76. The number of benzene rings is 1. The summed E-state index contributed by atoms with van der Waals surface area (Å²) < 4.78 is 1.77. The summed E-state index contributed by atoms with van der Waals surface area (Å²) in [6.07, 6.45) is 9.25. The minimum atomic E-state index is -0.236. The molecule has 23 heavy (non-hydrogen) atoms. The SMILES string of the molecule is CC(C(=O)N(C1CC1)C1CCCc2ccccc21)n1cccn1. The van der Waals surface area contributed by atoms with Gasteiger partial charge in [-0.1, -0.05) is 24.3 Å². The van der Waals surface area contributed by atoms with Gasteiger partial charge in [0.25, 0.3) is 0 Å². The topological polar surface area (TPSA) is 38.1 Å². The molecule has 2 unspecified atom stereocenters. The van der Waals surface area contributed by atoms with Gasteiger partial charge in [0, 0.05) is 18.4 Å². The number of aryl methyl sites for hydroxylation is 1. The lowest BCUT2D eigenvalue weighted by Gasteiger charge is -2.37. The van der Waals surface area contributed by atoms with Crippen molar-refractivity contribution < 1.29 is 4.79 Å². The molecule has 4 nitrogen and oxygen atoms in total. The zero-order valence-electron chi connectivity index (χ0n) is 13.6. The second-order valence-electron chi connectivity index (χ2n) is 6.75. The summed E-state index contributed by atoms with van der Waals surface area (Å²) in [6.45, 7) is 1.96. The molecule has 2 atom stereocenters. The first-order valence-corrected chi connectivity index (χ1v) is 8.65. The van der Waals surface area contributed by atoms with E-state index in [1.165, 1.54) is 11.1 Å². The molecule has 0 spiro atoms. The van der Waals surface area contributed by atoms with Crippen molar-refractivity contribution in [2.24, 2.45) is 0 Å². The Kier molecular flexibility index (Phi) is 3.68. The average Bonchev–Trinajstić information content (AvgIpc) is 3.26. The van der Waals surface area contributed by atoms with E-state index >= 15 is 0 Å². The van der Waals surface area contributed by atoms with Crippen LogP contribution in [0.15, 0.2) is 42.7 Å². The van der Waals surface area contributed by atoms with Crippen LogP contribution >= 0.6 is 0 Å². The highest BCUT2D eigenvalue weighted by molar-refractivity contribution is 5.81. The molecule has 1 aromatic heterocycles. The number of nitrogens with zero attached hydrogens (tertiary/aromatic N) is 3. The van der Waals surface area contributed by atoms with Crippen molar-refractivity contribution in [3.8, 4) is 0 Å². The van der Waals surface area contributed by atoms with E-state index in [-0.39, 0.29) is 18.0 Å². The van der Waals surface area contributed by atoms with Gasteiger partial charge in [-0.2, -0.15) is 5.10 Å². The van der Waals surface area contributed by atoms with Crippen LogP contribution in [0.25, 0.3) is 0 Å². The van der Waals surface area contributed by atoms with Crippen LogP contribution < -0.4 is 0 Å². The Morgan fingerprint density at radius 2 is 2.09 bits per heavy atom. The van der Waals surface area contributed by atoms with Crippen LogP contribution in [0.1, 0.15) is 55.8 Å². The van der Waals surface area contributed by atoms with Crippen molar-refractivity contribution in [3.63, 3.8) is 0 Å². The summed E-state index contributed by atoms with van der Waals surface area (Å²) >= 11 is 0. The first-order chi connectivity index (χ1) is 11.3. The van der Waals surface area contributed by atoms with E-state index in [4.69, 9.17) is 0 Å². The summed E-state index contributed by atoms with van der Waals surface area (Å²) in [5.74, 6) is 0.206. The average molecular weight is 309 g/mol. The van der Waals surface area contributed by atoms with E-state index in [0.29, 0.717) is 6.04 Å². The summed E-state index contributed by atoms with van der Waals surface area (Å²) in [7, 11) is 0. The largest absolute Gasteiger partial charge is 0.331 e. The van der Waals surface area contributed by atoms with Gasteiger partial charge < -0.3 is 4.90 Å². The number of aromatic nitrogens is 2. The van der Waals surface area contributed by atoms with Gasteiger partial charge in [0.05, 0.1) is 6.04 Å². The second kappa shape index (κ2) is 5.84. The highest BCUT2D eigenvalue weighted by Crippen LogP contribution is 2.41. The van der Waals surface area contributed by atoms with Crippen molar-refractivity contribution in [2.75, 3.05) is 0 Å². The van der Waals surface area contributed by atoms with Gasteiger partial charge >= 0.3 is 0 Å².